The second-order valence-corrected chi connectivity index (χ2v) is 5.60. The smallest absolute Gasteiger partial charge is 0.341 e. The summed E-state index contributed by atoms with van der Waals surface area (Å²) in [6.45, 7) is -0.595. The number of hydrogen-bond donors (Lipinski definition) is 1. The van der Waals surface area contributed by atoms with Crippen LogP contribution in [0.25, 0.3) is 11.6 Å². The lowest BCUT2D eigenvalue weighted by molar-refractivity contribution is -0.384. The minimum atomic E-state index is -1.17. The number of allylic oxidation sites excluding steroid dienone is 1. The number of nitro groups is 1. The molecule has 0 aliphatic carbocycles. The summed E-state index contributed by atoms with van der Waals surface area (Å²) in [4.78, 5) is 21.0. The molecular formula is C18H13ClN2O6. The minimum absolute atomic E-state index is 0.0626. The van der Waals surface area contributed by atoms with Crippen molar-refractivity contribution in [1.29, 1.82) is 5.26 Å². The molecule has 0 atom stereocenters. The second kappa shape index (κ2) is 8.69. The van der Waals surface area contributed by atoms with Crippen LogP contribution in [0, 0.1) is 21.4 Å². The summed E-state index contributed by atoms with van der Waals surface area (Å²) >= 11 is 6.14. The Morgan fingerprint density at radius 1 is 1.41 bits per heavy atom. The topological polar surface area (TPSA) is 123 Å². The number of benzene rings is 2. The van der Waals surface area contributed by atoms with E-state index in [9.17, 15) is 20.2 Å². The Morgan fingerprint density at radius 2 is 2.15 bits per heavy atom. The number of ether oxygens (including phenoxy) is 2. The van der Waals surface area contributed by atoms with Crippen LogP contribution in [0.4, 0.5) is 5.69 Å². The summed E-state index contributed by atoms with van der Waals surface area (Å²) in [5.74, 6) is -0.923. The molecule has 138 valence electrons. The van der Waals surface area contributed by atoms with Crippen LogP contribution in [-0.4, -0.2) is 29.7 Å². The zero-order chi connectivity index (χ0) is 20.0. The number of non-ortho nitro benzene ring substituents is 1. The van der Waals surface area contributed by atoms with Crippen molar-refractivity contribution < 1.29 is 24.3 Å². The van der Waals surface area contributed by atoms with E-state index in [-0.39, 0.29) is 27.8 Å². The van der Waals surface area contributed by atoms with Gasteiger partial charge in [-0.15, -0.1) is 0 Å². The van der Waals surface area contributed by atoms with Gasteiger partial charge in [-0.05, 0) is 29.3 Å². The third kappa shape index (κ3) is 4.96. The van der Waals surface area contributed by atoms with Gasteiger partial charge in [0.25, 0.3) is 5.69 Å². The van der Waals surface area contributed by atoms with Crippen LogP contribution in [0.2, 0.25) is 5.02 Å². The highest BCUT2D eigenvalue weighted by molar-refractivity contribution is 6.32. The van der Waals surface area contributed by atoms with E-state index >= 15 is 0 Å². The number of methoxy groups -OCH3 is 1. The van der Waals surface area contributed by atoms with Crippen molar-refractivity contribution in [2.24, 2.45) is 0 Å². The normalized spacial score (nSPS) is 10.8. The first-order chi connectivity index (χ1) is 12.8. The maximum absolute atomic E-state index is 10.9. The number of hydrogen-bond acceptors (Lipinski definition) is 6. The predicted octanol–water partition coefficient (Wildman–Crippen LogP) is 3.78. The van der Waals surface area contributed by atoms with Crippen LogP contribution < -0.4 is 9.47 Å². The van der Waals surface area contributed by atoms with Gasteiger partial charge in [-0.2, -0.15) is 5.26 Å². The van der Waals surface area contributed by atoms with Crippen LogP contribution >= 0.6 is 11.6 Å². The highest BCUT2D eigenvalue weighted by Gasteiger charge is 2.14. The third-order valence-corrected chi connectivity index (χ3v) is 3.67. The molecule has 2 aromatic carbocycles. The lowest BCUT2D eigenvalue weighted by atomic mass is 10.0. The molecule has 27 heavy (non-hydrogen) atoms. The maximum atomic E-state index is 10.9. The molecule has 0 spiro atoms. The van der Waals surface area contributed by atoms with Gasteiger partial charge < -0.3 is 14.6 Å². The van der Waals surface area contributed by atoms with Gasteiger partial charge in [0.2, 0.25) is 0 Å². The Labute approximate surface area is 159 Å². The highest BCUT2D eigenvalue weighted by Crippen LogP contribution is 2.37. The van der Waals surface area contributed by atoms with Gasteiger partial charge in [-0.1, -0.05) is 23.7 Å². The fourth-order valence-corrected chi connectivity index (χ4v) is 2.50. The lowest BCUT2D eigenvalue weighted by Crippen LogP contribution is -2.10. The number of carbonyl (C=O) groups is 1. The van der Waals surface area contributed by atoms with Gasteiger partial charge in [0.15, 0.2) is 18.1 Å². The van der Waals surface area contributed by atoms with Crippen molar-refractivity contribution in [3.05, 3.63) is 62.7 Å². The van der Waals surface area contributed by atoms with Crippen LogP contribution in [0.5, 0.6) is 11.5 Å². The Hall–Kier alpha value is -3.57. The molecule has 0 amide bonds. The second-order valence-electron chi connectivity index (χ2n) is 5.19. The average Bonchev–Trinajstić information content (AvgIpc) is 2.64. The summed E-state index contributed by atoms with van der Waals surface area (Å²) in [5.41, 5.74) is 0.883. The Balaban J connectivity index is 2.45. The first-order valence-corrected chi connectivity index (χ1v) is 7.82. The summed E-state index contributed by atoms with van der Waals surface area (Å²) in [5, 5.41) is 29.2. The van der Waals surface area contributed by atoms with Crippen molar-refractivity contribution in [3.63, 3.8) is 0 Å². The third-order valence-electron chi connectivity index (χ3n) is 3.39. The number of aliphatic carboxylic acids is 1. The fourth-order valence-electron chi connectivity index (χ4n) is 2.23. The fraction of sp³-hybridized carbons (Fsp3) is 0.111. The number of carboxylic acid groups (broad SMARTS) is 1. The van der Waals surface area contributed by atoms with E-state index in [0.29, 0.717) is 11.1 Å². The first-order valence-electron chi connectivity index (χ1n) is 7.44. The predicted molar refractivity (Wildman–Crippen MR) is 97.7 cm³/mol. The molecule has 2 rings (SSSR count). The number of halogens is 1. The number of nitro benzene ring substituents is 1. The van der Waals surface area contributed by atoms with Crippen molar-refractivity contribution in [2.75, 3.05) is 13.7 Å². The Bertz CT molecular complexity index is 965. The molecule has 0 radical (unpaired) electrons. The molecule has 9 heteroatoms. The van der Waals surface area contributed by atoms with Crippen LogP contribution in [0.15, 0.2) is 36.4 Å². The zero-order valence-corrected chi connectivity index (χ0v) is 14.8. The van der Waals surface area contributed by atoms with Crippen molar-refractivity contribution in [3.8, 4) is 17.6 Å². The lowest BCUT2D eigenvalue weighted by Gasteiger charge is -2.12. The van der Waals surface area contributed by atoms with Crippen LogP contribution in [0.3, 0.4) is 0 Å². The molecule has 0 bridgehead atoms. The average molecular weight is 389 g/mol. The number of carboxylic acids is 1. The van der Waals surface area contributed by atoms with E-state index in [1.807, 2.05) is 6.07 Å². The molecule has 1 N–H and O–H groups in total. The van der Waals surface area contributed by atoms with Gasteiger partial charge in [0.1, 0.15) is 0 Å². The molecule has 0 saturated carbocycles. The van der Waals surface area contributed by atoms with E-state index in [1.54, 1.807) is 6.07 Å². The monoisotopic (exact) mass is 388 g/mol. The molecule has 0 fully saturated rings. The van der Waals surface area contributed by atoms with Gasteiger partial charge >= 0.3 is 5.97 Å². The molecule has 0 unspecified atom stereocenters. The number of nitriles is 1. The largest absolute Gasteiger partial charge is 0.493 e. The molecule has 0 aliphatic rings. The molecule has 0 saturated heterocycles. The molecular weight excluding hydrogens is 376 g/mol. The highest BCUT2D eigenvalue weighted by atomic mass is 35.5. The van der Waals surface area contributed by atoms with E-state index in [0.717, 1.165) is 0 Å². The Kier molecular flexibility index (Phi) is 6.36. The first kappa shape index (κ1) is 19.8. The Morgan fingerprint density at radius 3 is 2.74 bits per heavy atom. The summed E-state index contributed by atoms with van der Waals surface area (Å²) < 4.78 is 10.3. The molecule has 0 heterocycles. The van der Waals surface area contributed by atoms with E-state index in [4.69, 9.17) is 26.2 Å². The summed E-state index contributed by atoms with van der Waals surface area (Å²) in [6.07, 6.45) is 1.48. The van der Waals surface area contributed by atoms with Gasteiger partial charge in [-0.25, -0.2) is 4.79 Å². The van der Waals surface area contributed by atoms with Crippen LogP contribution in [-0.2, 0) is 4.79 Å². The SMILES string of the molecule is COc1cc(C=C(C#N)c2cccc([N+](=O)[O-])c2)cc(Cl)c1OCC(=O)O. The molecule has 0 aliphatic heterocycles. The summed E-state index contributed by atoms with van der Waals surface area (Å²) in [7, 11) is 1.36. The van der Waals surface area contributed by atoms with Crippen LogP contribution in [0.1, 0.15) is 11.1 Å². The number of nitrogens with zero attached hydrogens (tertiary/aromatic N) is 2. The van der Waals surface area contributed by atoms with Gasteiger partial charge in [-0.3, -0.25) is 10.1 Å². The van der Waals surface area contributed by atoms with Crippen molar-refractivity contribution >= 4 is 34.9 Å². The van der Waals surface area contributed by atoms with Crippen molar-refractivity contribution in [1.82, 2.24) is 0 Å². The standard InChI is InChI=1S/C18H13ClN2O6/c1-26-16-7-11(6-15(19)18(16)27-10-17(22)23)5-13(9-20)12-3-2-4-14(8-12)21(24)25/h2-8H,10H2,1H3,(H,22,23). The quantitative estimate of drug-likeness (QED) is 0.331. The summed E-state index contributed by atoms with van der Waals surface area (Å²) in [6, 6.07) is 10.6. The maximum Gasteiger partial charge on any atom is 0.341 e. The molecule has 0 aromatic heterocycles. The van der Waals surface area contributed by atoms with Gasteiger partial charge in [0, 0.05) is 12.1 Å². The minimum Gasteiger partial charge on any atom is -0.493 e. The van der Waals surface area contributed by atoms with E-state index < -0.39 is 17.5 Å². The molecule has 2 aromatic rings. The van der Waals surface area contributed by atoms with E-state index in [1.165, 1.54) is 43.5 Å². The van der Waals surface area contributed by atoms with E-state index in [2.05, 4.69) is 0 Å². The van der Waals surface area contributed by atoms with Crippen molar-refractivity contribution in [2.45, 2.75) is 0 Å². The van der Waals surface area contributed by atoms with Gasteiger partial charge in [0.05, 0.1) is 28.7 Å². The molecule has 8 nitrogen and oxygen atoms in total. The zero-order valence-electron chi connectivity index (χ0n) is 14.0. The number of rotatable bonds is 7.